The highest BCUT2D eigenvalue weighted by Gasteiger charge is 2.16. The van der Waals surface area contributed by atoms with E-state index in [1.165, 1.54) is 4.88 Å². The lowest BCUT2D eigenvalue weighted by Crippen LogP contribution is -2.20. The monoisotopic (exact) mass is 310 g/mol. The molecule has 0 atom stereocenters. The summed E-state index contributed by atoms with van der Waals surface area (Å²) >= 11 is 7.90. The molecule has 6 heteroatoms. The van der Waals surface area contributed by atoms with Gasteiger partial charge in [-0.25, -0.2) is 15.0 Å². The average molecular weight is 311 g/mol. The zero-order valence-electron chi connectivity index (χ0n) is 12.4. The fourth-order valence-corrected chi connectivity index (χ4v) is 2.89. The van der Waals surface area contributed by atoms with Gasteiger partial charge in [-0.2, -0.15) is 0 Å². The van der Waals surface area contributed by atoms with Gasteiger partial charge in [0.05, 0.1) is 17.7 Å². The van der Waals surface area contributed by atoms with E-state index in [0.717, 1.165) is 29.4 Å². The number of aryl methyl sites for hydroxylation is 1. The minimum Gasteiger partial charge on any atom is -0.354 e. The van der Waals surface area contributed by atoms with Crippen LogP contribution in [-0.4, -0.2) is 22.0 Å². The first-order chi connectivity index (χ1) is 9.40. The number of halogens is 1. The lowest BCUT2D eigenvalue weighted by atomic mass is 10.2. The third kappa shape index (κ3) is 3.10. The fraction of sp³-hybridized carbons (Fsp3) is 0.500. The summed E-state index contributed by atoms with van der Waals surface area (Å²) in [5.41, 5.74) is 3.86. The fourth-order valence-electron chi connectivity index (χ4n) is 1.89. The second kappa shape index (κ2) is 6.06. The lowest BCUT2D eigenvalue weighted by Gasteiger charge is -2.21. The third-order valence-corrected chi connectivity index (χ3v) is 4.47. The maximum Gasteiger partial charge on any atom is 0.137 e. The maximum atomic E-state index is 6.23. The first-order valence-corrected chi connectivity index (χ1v) is 7.80. The van der Waals surface area contributed by atoms with Gasteiger partial charge in [0.15, 0.2) is 0 Å². The Kier molecular flexibility index (Phi) is 4.60. The van der Waals surface area contributed by atoms with E-state index in [1.54, 1.807) is 11.3 Å². The number of anilines is 1. The molecule has 0 radical (unpaired) electrons. The van der Waals surface area contributed by atoms with Gasteiger partial charge in [-0.05, 0) is 13.8 Å². The van der Waals surface area contributed by atoms with Crippen LogP contribution < -0.4 is 4.90 Å². The Hall–Kier alpha value is -1.20. The van der Waals surface area contributed by atoms with Gasteiger partial charge in [0.1, 0.15) is 16.8 Å². The molecule has 2 aromatic rings. The summed E-state index contributed by atoms with van der Waals surface area (Å²) in [6, 6.07) is 0. The normalized spacial score (nSPS) is 11.2. The maximum absolute atomic E-state index is 6.23. The molecule has 0 N–H and O–H groups in total. The van der Waals surface area contributed by atoms with Crippen LogP contribution >= 0.6 is 22.9 Å². The van der Waals surface area contributed by atoms with Crippen LogP contribution in [0.3, 0.4) is 0 Å². The number of thiazole rings is 1. The number of rotatable bonds is 4. The van der Waals surface area contributed by atoms with Crippen molar-refractivity contribution in [3.8, 4) is 0 Å². The van der Waals surface area contributed by atoms with Crippen LogP contribution in [0.1, 0.15) is 41.7 Å². The van der Waals surface area contributed by atoms with Crippen molar-refractivity contribution in [2.24, 2.45) is 0 Å². The zero-order chi connectivity index (χ0) is 14.9. The standard InChI is InChI=1S/C14H19ClN4S/c1-8(2)13-17-12(15)9(3)14(18-13)19(5)6-11-10(4)16-7-20-11/h7-8H,6H2,1-5H3. The lowest BCUT2D eigenvalue weighted by molar-refractivity contribution is 0.759. The molecule has 4 nitrogen and oxygen atoms in total. The topological polar surface area (TPSA) is 41.9 Å². The average Bonchev–Trinajstić information content (AvgIpc) is 2.77. The van der Waals surface area contributed by atoms with Crippen molar-refractivity contribution in [1.29, 1.82) is 0 Å². The molecular formula is C14H19ClN4S. The predicted octanol–water partition coefficient (Wildman–Crippen LogP) is 3.96. The molecule has 0 spiro atoms. The summed E-state index contributed by atoms with van der Waals surface area (Å²) in [5, 5.41) is 0.534. The van der Waals surface area contributed by atoms with Crippen LogP contribution in [0.25, 0.3) is 0 Å². The summed E-state index contributed by atoms with van der Waals surface area (Å²) in [4.78, 5) is 16.6. The van der Waals surface area contributed by atoms with E-state index in [4.69, 9.17) is 11.6 Å². The molecule has 2 rings (SSSR count). The van der Waals surface area contributed by atoms with E-state index in [9.17, 15) is 0 Å². The van der Waals surface area contributed by atoms with Gasteiger partial charge in [0.2, 0.25) is 0 Å². The van der Waals surface area contributed by atoms with Crippen molar-refractivity contribution in [2.75, 3.05) is 11.9 Å². The molecular weight excluding hydrogens is 292 g/mol. The first kappa shape index (κ1) is 15.2. The Morgan fingerprint density at radius 2 is 2.00 bits per heavy atom. The Labute approximate surface area is 128 Å². The molecule has 0 aliphatic rings. The molecule has 0 aliphatic heterocycles. The molecule has 0 saturated carbocycles. The second-order valence-corrected chi connectivity index (χ2v) is 6.49. The SMILES string of the molecule is Cc1ncsc1CN(C)c1nc(C(C)C)nc(Cl)c1C. The van der Waals surface area contributed by atoms with Crippen molar-refractivity contribution in [3.63, 3.8) is 0 Å². The third-order valence-electron chi connectivity index (χ3n) is 3.18. The molecule has 2 aromatic heterocycles. The van der Waals surface area contributed by atoms with Crippen LogP contribution in [-0.2, 0) is 6.54 Å². The molecule has 2 heterocycles. The zero-order valence-corrected chi connectivity index (χ0v) is 14.0. The van der Waals surface area contributed by atoms with Gasteiger partial charge in [0.25, 0.3) is 0 Å². The van der Waals surface area contributed by atoms with Crippen molar-refractivity contribution in [1.82, 2.24) is 15.0 Å². The highest BCUT2D eigenvalue weighted by Crippen LogP contribution is 2.27. The Bertz CT molecular complexity index is 609. The molecule has 0 aliphatic carbocycles. The summed E-state index contributed by atoms with van der Waals surface area (Å²) in [6.45, 7) is 8.90. The number of nitrogens with zero attached hydrogens (tertiary/aromatic N) is 4. The van der Waals surface area contributed by atoms with Gasteiger partial charge in [-0.15, -0.1) is 11.3 Å². The Morgan fingerprint density at radius 1 is 1.30 bits per heavy atom. The van der Waals surface area contributed by atoms with E-state index in [-0.39, 0.29) is 5.92 Å². The second-order valence-electron chi connectivity index (χ2n) is 5.19. The highest BCUT2D eigenvalue weighted by molar-refractivity contribution is 7.09. The largest absolute Gasteiger partial charge is 0.354 e. The predicted molar refractivity (Wildman–Crippen MR) is 84.8 cm³/mol. The number of aromatic nitrogens is 3. The molecule has 0 aromatic carbocycles. The molecule has 0 amide bonds. The van der Waals surface area contributed by atoms with E-state index in [0.29, 0.717) is 5.15 Å². The van der Waals surface area contributed by atoms with Crippen molar-refractivity contribution < 1.29 is 0 Å². The molecule has 108 valence electrons. The van der Waals surface area contributed by atoms with Crippen molar-refractivity contribution in [2.45, 2.75) is 40.2 Å². The summed E-state index contributed by atoms with van der Waals surface area (Å²) in [6.07, 6.45) is 0. The van der Waals surface area contributed by atoms with Crippen LogP contribution in [0.2, 0.25) is 5.15 Å². The number of hydrogen-bond acceptors (Lipinski definition) is 5. The minimum absolute atomic E-state index is 0.255. The van der Waals surface area contributed by atoms with Crippen LogP contribution in [0.4, 0.5) is 5.82 Å². The summed E-state index contributed by atoms with van der Waals surface area (Å²) in [5.74, 6) is 1.93. The summed E-state index contributed by atoms with van der Waals surface area (Å²) < 4.78 is 0. The smallest absolute Gasteiger partial charge is 0.137 e. The van der Waals surface area contributed by atoms with E-state index in [1.807, 2.05) is 26.4 Å². The molecule has 0 fully saturated rings. The molecule has 0 bridgehead atoms. The number of hydrogen-bond donors (Lipinski definition) is 0. The van der Waals surface area contributed by atoms with Crippen molar-refractivity contribution >= 4 is 28.8 Å². The van der Waals surface area contributed by atoms with Gasteiger partial charge < -0.3 is 4.90 Å². The minimum atomic E-state index is 0.255. The highest BCUT2D eigenvalue weighted by atomic mass is 35.5. The van der Waals surface area contributed by atoms with Crippen molar-refractivity contribution in [3.05, 3.63) is 32.6 Å². The van der Waals surface area contributed by atoms with Gasteiger partial charge in [-0.1, -0.05) is 25.4 Å². The van der Waals surface area contributed by atoms with E-state index in [2.05, 4.69) is 33.7 Å². The Morgan fingerprint density at radius 3 is 2.55 bits per heavy atom. The molecule has 20 heavy (non-hydrogen) atoms. The molecule has 0 saturated heterocycles. The van der Waals surface area contributed by atoms with Crippen LogP contribution in [0.5, 0.6) is 0 Å². The van der Waals surface area contributed by atoms with Gasteiger partial charge in [0, 0.05) is 23.4 Å². The Balaban J connectivity index is 2.33. The van der Waals surface area contributed by atoms with Gasteiger partial charge >= 0.3 is 0 Å². The summed E-state index contributed by atoms with van der Waals surface area (Å²) in [7, 11) is 2.02. The molecule has 0 unspecified atom stereocenters. The van der Waals surface area contributed by atoms with Crippen LogP contribution in [0, 0.1) is 13.8 Å². The van der Waals surface area contributed by atoms with Crippen LogP contribution in [0.15, 0.2) is 5.51 Å². The quantitative estimate of drug-likeness (QED) is 0.802. The van der Waals surface area contributed by atoms with Gasteiger partial charge in [-0.3, -0.25) is 0 Å². The first-order valence-electron chi connectivity index (χ1n) is 6.54. The van der Waals surface area contributed by atoms with E-state index >= 15 is 0 Å². The van der Waals surface area contributed by atoms with E-state index < -0.39 is 0 Å².